The predicted molar refractivity (Wildman–Crippen MR) is 84.1 cm³/mol. The van der Waals surface area contributed by atoms with E-state index in [1.807, 2.05) is 31.2 Å². The van der Waals surface area contributed by atoms with E-state index in [2.05, 4.69) is 11.9 Å². The molecule has 0 saturated carbocycles. The Kier molecular flexibility index (Phi) is 5.27. The van der Waals surface area contributed by atoms with Gasteiger partial charge in [-0.25, -0.2) is 4.98 Å². The Morgan fingerprint density at radius 3 is 2.70 bits per heavy atom. The zero-order chi connectivity index (χ0) is 14.5. The van der Waals surface area contributed by atoms with Gasteiger partial charge in [0.15, 0.2) is 0 Å². The number of halogens is 2. The van der Waals surface area contributed by atoms with Crippen molar-refractivity contribution in [3.8, 4) is 11.6 Å². The van der Waals surface area contributed by atoms with Gasteiger partial charge in [0.25, 0.3) is 0 Å². The molecule has 0 N–H and O–H groups in total. The first kappa shape index (κ1) is 15.1. The quantitative estimate of drug-likeness (QED) is 0.678. The average Bonchev–Trinajstić information content (AvgIpc) is 2.43. The fourth-order valence-corrected chi connectivity index (χ4v) is 2.25. The molecular weight excluding hydrogens is 293 g/mol. The summed E-state index contributed by atoms with van der Waals surface area (Å²) in [5, 5.41) is 0.646. The fraction of sp³-hybridized carbons (Fsp3) is 0.312. The standard InChI is InChI=1S/C16H17Cl2NO/c1-3-4-14-7-12(10-17)8-16(19-14)20-15-9-13(18)6-5-11(15)2/h5-9H,3-4,10H2,1-2H3. The molecule has 106 valence electrons. The first-order valence-corrected chi connectivity index (χ1v) is 7.53. The summed E-state index contributed by atoms with van der Waals surface area (Å²) in [6.07, 6.45) is 1.95. The van der Waals surface area contributed by atoms with Gasteiger partial charge in [0.05, 0.1) is 0 Å². The van der Waals surface area contributed by atoms with E-state index in [1.165, 1.54) is 0 Å². The first-order valence-electron chi connectivity index (χ1n) is 6.62. The van der Waals surface area contributed by atoms with Crippen LogP contribution in [0, 0.1) is 6.92 Å². The smallest absolute Gasteiger partial charge is 0.219 e. The van der Waals surface area contributed by atoms with Gasteiger partial charge in [-0.1, -0.05) is 31.0 Å². The van der Waals surface area contributed by atoms with Crippen molar-refractivity contribution in [2.75, 3.05) is 0 Å². The maximum Gasteiger partial charge on any atom is 0.219 e. The van der Waals surface area contributed by atoms with Crippen LogP contribution < -0.4 is 4.74 Å². The minimum absolute atomic E-state index is 0.449. The SMILES string of the molecule is CCCc1cc(CCl)cc(Oc2cc(Cl)ccc2C)n1. The molecule has 4 heteroatoms. The zero-order valence-corrected chi connectivity index (χ0v) is 13.1. The van der Waals surface area contributed by atoms with E-state index in [-0.39, 0.29) is 0 Å². The Bertz CT molecular complexity index is 599. The van der Waals surface area contributed by atoms with Crippen LogP contribution in [0.3, 0.4) is 0 Å². The molecule has 0 bridgehead atoms. The van der Waals surface area contributed by atoms with Crippen LogP contribution in [0.5, 0.6) is 11.6 Å². The number of nitrogens with zero attached hydrogens (tertiary/aromatic N) is 1. The summed E-state index contributed by atoms with van der Waals surface area (Å²) < 4.78 is 5.87. The molecule has 0 fully saturated rings. The Labute approximate surface area is 129 Å². The molecule has 2 rings (SSSR count). The van der Waals surface area contributed by atoms with Gasteiger partial charge in [0, 0.05) is 22.7 Å². The number of hydrogen-bond acceptors (Lipinski definition) is 2. The van der Waals surface area contributed by atoms with Gasteiger partial charge in [0.1, 0.15) is 5.75 Å². The minimum Gasteiger partial charge on any atom is -0.439 e. The molecule has 2 aromatic rings. The Morgan fingerprint density at radius 2 is 2.00 bits per heavy atom. The van der Waals surface area contributed by atoms with E-state index in [0.717, 1.165) is 35.4 Å². The normalized spacial score (nSPS) is 10.6. The van der Waals surface area contributed by atoms with Gasteiger partial charge >= 0.3 is 0 Å². The van der Waals surface area contributed by atoms with Crippen molar-refractivity contribution in [2.45, 2.75) is 32.6 Å². The molecule has 0 unspecified atom stereocenters. The molecule has 0 aliphatic heterocycles. The number of benzene rings is 1. The fourth-order valence-electron chi connectivity index (χ4n) is 1.93. The third kappa shape index (κ3) is 3.87. The molecule has 20 heavy (non-hydrogen) atoms. The summed E-state index contributed by atoms with van der Waals surface area (Å²) in [5.74, 6) is 1.74. The molecular formula is C16H17Cl2NO. The van der Waals surface area contributed by atoms with Gasteiger partial charge in [-0.05, 0) is 42.7 Å². The van der Waals surface area contributed by atoms with Crippen molar-refractivity contribution in [1.29, 1.82) is 0 Å². The van der Waals surface area contributed by atoms with Crippen molar-refractivity contribution >= 4 is 23.2 Å². The highest BCUT2D eigenvalue weighted by molar-refractivity contribution is 6.30. The van der Waals surface area contributed by atoms with Crippen LogP contribution in [0.1, 0.15) is 30.2 Å². The van der Waals surface area contributed by atoms with Crippen LogP contribution >= 0.6 is 23.2 Å². The molecule has 1 heterocycles. The highest BCUT2D eigenvalue weighted by atomic mass is 35.5. The number of rotatable bonds is 5. The first-order chi connectivity index (χ1) is 9.62. The lowest BCUT2D eigenvalue weighted by atomic mass is 10.2. The highest BCUT2D eigenvalue weighted by Crippen LogP contribution is 2.28. The second-order valence-corrected chi connectivity index (χ2v) is 5.40. The van der Waals surface area contributed by atoms with Gasteiger partial charge in [-0.2, -0.15) is 0 Å². The number of pyridine rings is 1. The molecule has 0 aliphatic rings. The van der Waals surface area contributed by atoms with Crippen molar-refractivity contribution in [3.63, 3.8) is 0 Å². The largest absolute Gasteiger partial charge is 0.439 e. The summed E-state index contributed by atoms with van der Waals surface area (Å²) in [5.41, 5.74) is 3.03. The van der Waals surface area contributed by atoms with Gasteiger partial charge in [-0.15, -0.1) is 11.6 Å². The molecule has 0 saturated heterocycles. The Hall–Kier alpha value is -1.25. The number of aromatic nitrogens is 1. The lowest BCUT2D eigenvalue weighted by Gasteiger charge is -2.11. The van der Waals surface area contributed by atoms with E-state index in [0.29, 0.717) is 16.8 Å². The molecule has 0 amide bonds. The molecule has 0 radical (unpaired) electrons. The summed E-state index contributed by atoms with van der Waals surface area (Å²) in [6.45, 7) is 4.10. The van der Waals surface area contributed by atoms with Crippen LogP contribution in [-0.4, -0.2) is 4.98 Å². The van der Waals surface area contributed by atoms with Gasteiger partial charge in [-0.3, -0.25) is 0 Å². The second kappa shape index (κ2) is 6.96. The van der Waals surface area contributed by atoms with Crippen LogP contribution in [0.2, 0.25) is 5.02 Å². The lowest BCUT2D eigenvalue weighted by Crippen LogP contribution is -1.97. The van der Waals surface area contributed by atoms with Crippen molar-refractivity contribution < 1.29 is 4.74 Å². The molecule has 0 atom stereocenters. The van der Waals surface area contributed by atoms with Crippen LogP contribution in [0.15, 0.2) is 30.3 Å². The third-order valence-corrected chi connectivity index (χ3v) is 3.48. The second-order valence-electron chi connectivity index (χ2n) is 4.70. The maximum atomic E-state index is 6.00. The molecule has 1 aromatic carbocycles. The summed E-state index contributed by atoms with van der Waals surface area (Å²) >= 11 is 11.9. The maximum absolute atomic E-state index is 6.00. The Balaban J connectivity index is 2.32. The summed E-state index contributed by atoms with van der Waals surface area (Å²) in [4.78, 5) is 4.51. The molecule has 1 aromatic heterocycles. The van der Waals surface area contributed by atoms with E-state index in [1.54, 1.807) is 6.07 Å². The van der Waals surface area contributed by atoms with Gasteiger partial charge < -0.3 is 4.74 Å². The third-order valence-electron chi connectivity index (χ3n) is 2.94. The van der Waals surface area contributed by atoms with Crippen LogP contribution in [0.25, 0.3) is 0 Å². The topological polar surface area (TPSA) is 22.1 Å². The van der Waals surface area contributed by atoms with Crippen molar-refractivity contribution in [2.24, 2.45) is 0 Å². The van der Waals surface area contributed by atoms with Gasteiger partial charge in [0.2, 0.25) is 5.88 Å². The molecule has 0 aliphatic carbocycles. The monoisotopic (exact) mass is 309 g/mol. The number of hydrogen-bond donors (Lipinski definition) is 0. The minimum atomic E-state index is 0.449. The number of ether oxygens (including phenoxy) is 1. The van der Waals surface area contributed by atoms with E-state index >= 15 is 0 Å². The molecule has 0 spiro atoms. The van der Waals surface area contributed by atoms with E-state index in [4.69, 9.17) is 27.9 Å². The lowest BCUT2D eigenvalue weighted by molar-refractivity contribution is 0.456. The van der Waals surface area contributed by atoms with Crippen molar-refractivity contribution in [3.05, 3.63) is 52.2 Å². The average molecular weight is 310 g/mol. The Morgan fingerprint density at radius 1 is 1.20 bits per heavy atom. The zero-order valence-electron chi connectivity index (χ0n) is 11.6. The summed E-state index contributed by atoms with van der Waals surface area (Å²) in [7, 11) is 0. The summed E-state index contributed by atoms with van der Waals surface area (Å²) in [6, 6.07) is 9.46. The number of aryl methyl sites for hydroxylation is 2. The highest BCUT2D eigenvalue weighted by Gasteiger charge is 2.07. The number of alkyl halides is 1. The van der Waals surface area contributed by atoms with Crippen LogP contribution in [-0.2, 0) is 12.3 Å². The van der Waals surface area contributed by atoms with Crippen LogP contribution in [0.4, 0.5) is 0 Å². The predicted octanol–water partition coefficient (Wildman–Crippen LogP) is 5.53. The van der Waals surface area contributed by atoms with E-state index < -0.39 is 0 Å². The van der Waals surface area contributed by atoms with Crippen molar-refractivity contribution in [1.82, 2.24) is 4.98 Å². The van der Waals surface area contributed by atoms with E-state index in [9.17, 15) is 0 Å². The molecule has 2 nitrogen and oxygen atoms in total.